The molecule has 15 heteroatoms. The van der Waals surface area contributed by atoms with Crippen LogP contribution < -0.4 is 20.1 Å². The van der Waals surface area contributed by atoms with E-state index >= 15 is 0 Å². The summed E-state index contributed by atoms with van der Waals surface area (Å²) < 4.78 is 35.9. The minimum atomic E-state index is -0.178. The lowest BCUT2D eigenvalue weighted by Gasteiger charge is -2.38. The number of hydrogen-bond acceptors (Lipinski definition) is 12. The van der Waals surface area contributed by atoms with Crippen molar-refractivity contribution in [2.45, 2.75) is 57.2 Å². The van der Waals surface area contributed by atoms with Crippen molar-refractivity contribution in [2.75, 3.05) is 84.9 Å². The van der Waals surface area contributed by atoms with Crippen molar-refractivity contribution in [3.63, 3.8) is 0 Å². The van der Waals surface area contributed by atoms with E-state index in [0.29, 0.717) is 87.3 Å². The van der Waals surface area contributed by atoms with E-state index < -0.39 is 0 Å². The summed E-state index contributed by atoms with van der Waals surface area (Å²) >= 11 is 6.41. The van der Waals surface area contributed by atoms with Crippen molar-refractivity contribution >= 4 is 29.6 Å². The second kappa shape index (κ2) is 20.4. The minimum Gasteiger partial charge on any atom is -0.487 e. The van der Waals surface area contributed by atoms with Crippen LogP contribution in [0.5, 0.6) is 11.6 Å². The average Bonchev–Trinajstić information content (AvgIpc) is 3.55. The first-order valence-electron chi connectivity index (χ1n) is 17.5. The van der Waals surface area contributed by atoms with Crippen LogP contribution in [0.3, 0.4) is 0 Å². The summed E-state index contributed by atoms with van der Waals surface area (Å²) in [4.78, 5) is 11.8. The number of nitrogens with zero attached hydrogens (tertiary/aromatic N) is 5. The predicted octanol–water partition coefficient (Wildman–Crippen LogP) is 4.97. The van der Waals surface area contributed by atoms with E-state index in [1.807, 2.05) is 29.9 Å². The largest absolute Gasteiger partial charge is 0.487 e. The highest BCUT2D eigenvalue weighted by molar-refractivity contribution is 6.32. The number of hydrogen-bond donors (Lipinski definition) is 3. The normalized spacial score (nSPS) is 18.8. The topological polar surface area (TPSA) is 150 Å². The molecule has 1 aliphatic heterocycles. The highest BCUT2D eigenvalue weighted by Crippen LogP contribution is 2.35. The molecule has 2 fully saturated rings. The molecule has 0 unspecified atom stereocenters. The SMILES string of the molecule is COCCOCCOCCCOc1nn(C2CCC(N3CCOCC3)CC2)cc1Nc1ncc(-c2ccc(Cl)c(O[C@@H](C)CNC=N)c2)cn1. The number of benzene rings is 1. The summed E-state index contributed by atoms with van der Waals surface area (Å²) in [6, 6.07) is 6.47. The van der Waals surface area contributed by atoms with Crippen molar-refractivity contribution < 1.29 is 28.4 Å². The number of morpholine rings is 1. The number of nitrogens with one attached hydrogen (secondary N) is 3. The average molecular weight is 715 g/mol. The molecule has 274 valence electrons. The van der Waals surface area contributed by atoms with Gasteiger partial charge < -0.3 is 39.1 Å². The van der Waals surface area contributed by atoms with E-state index in [2.05, 4.69) is 25.5 Å². The highest BCUT2D eigenvalue weighted by atomic mass is 35.5. The van der Waals surface area contributed by atoms with E-state index in [0.717, 1.165) is 75.1 Å². The zero-order valence-electron chi connectivity index (χ0n) is 29.2. The molecule has 3 aromatic rings. The van der Waals surface area contributed by atoms with Gasteiger partial charge in [-0.1, -0.05) is 17.7 Å². The van der Waals surface area contributed by atoms with E-state index in [9.17, 15) is 0 Å². The lowest BCUT2D eigenvalue weighted by atomic mass is 9.90. The van der Waals surface area contributed by atoms with Gasteiger partial charge in [0.05, 0.1) is 76.4 Å². The maximum absolute atomic E-state index is 7.17. The molecule has 14 nitrogen and oxygen atoms in total. The Hall–Kier alpha value is -3.53. The fourth-order valence-corrected chi connectivity index (χ4v) is 6.26. The van der Waals surface area contributed by atoms with Gasteiger partial charge in [-0.05, 0) is 50.3 Å². The molecule has 2 aliphatic rings. The van der Waals surface area contributed by atoms with Crippen LogP contribution in [-0.2, 0) is 18.9 Å². The van der Waals surface area contributed by atoms with Crippen molar-refractivity contribution in [1.29, 1.82) is 5.41 Å². The molecule has 2 aromatic heterocycles. The fourth-order valence-electron chi connectivity index (χ4n) is 6.10. The lowest BCUT2D eigenvalue weighted by Crippen LogP contribution is -2.45. The molecule has 0 radical (unpaired) electrons. The van der Waals surface area contributed by atoms with E-state index in [1.165, 1.54) is 0 Å². The molecular weight excluding hydrogens is 664 g/mol. The second-order valence-electron chi connectivity index (χ2n) is 12.4. The van der Waals surface area contributed by atoms with Gasteiger partial charge in [-0.25, -0.2) is 9.97 Å². The molecule has 1 aliphatic carbocycles. The Balaban J connectivity index is 1.21. The van der Waals surface area contributed by atoms with Gasteiger partial charge >= 0.3 is 0 Å². The summed E-state index contributed by atoms with van der Waals surface area (Å²) in [5.41, 5.74) is 2.40. The van der Waals surface area contributed by atoms with Crippen molar-refractivity contribution in [2.24, 2.45) is 0 Å². The van der Waals surface area contributed by atoms with Crippen molar-refractivity contribution in [1.82, 2.24) is 30.0 Å². The Bertz CT molecular complexity index is 1430. The third-order valence-corrected chi connectivity index (χ3v) is 9.09. The number of anilines is 2. The third kappa shape index (κ3) is 11.5. The molecule has 5 rings (SSSR count). The summed E-state index contributed by atoms with van der Waals surface area (Å²) in [5.74, 6) is 1.50. The molecule has 1 saturated carbocycles. The number of methoxy groups -OCH3 is 1. The first-order valence-corrected chi connectivity index (χ1v) is 17.9. The molecule has 3 N–H and O–H groups in total. The molecule has 0 bridgehead atoms. The van der Waals surface area contributed by atoms with E-state index in [-0.39, 0.29) is 6.10 Å². The van der Waals surface area contributed by atoms with Crippen molar-refractivity contribution in [3.8, 4) is 22.8 Å². The Labute approximate surface area is 299 Å². The molecule has 3 heterocycles. The van der Waals surface area contributed by atoms with Crippen LogP contribution in [0, 0.1) is 5.41 Å². The van der Waals surface area contributed by atoms with Crippen LogP contribution in [-0.4, -0.2) is 123 Å². The number of rotatable bonds is 21. The minimum absolute atomic E-state index is 0.178. The Morgan fingerprint density at radius 3 is 2.44 bits per heavy atom. The Morgan fingerprint density at radius 1 is 0.980 bits per heavy atom. The first-order chi connectivity index (χ1) is 24.5. The van der Waals surface area contributed by atoms with Crippen LogP contribution >= 0.6 is 11.6 Å². The summed E-state index contributed by atoms with van der Waals surface area (Å²) in [6.07, 6.45) is 11.6. The lowest BCUT2D eigenvalue weighted by molar-refractivity contribution is 0.00502. The standard InChI is InChI=1S/C35H51ClN8O6/c1-26(21-38-25-37)50-33-20-27(4-9-31(33)36)28-22-39-35(40-23-28)41-32-24-44(30-7-5-29(6-8-30)43-10-14-47-15-11-43)42-34(32)49-13-3-12-46-18-19-48-17-16-45-2/h4,9,20,22-26,29-30H,3,5-8,10-19,21H2,1-2H3,(H2,37,38)(H,39,40,41)/t26-,29?,30?/m0/s1. The Morgan fingerprint density at radius 2 is 1.70 bits per heavy atom. The monoisotopic (exact) mass is 714 g/mol. The molecular formula is C35H51ClN8O6. The maximum atomic E-state index is 7.17. The summed E-state index contributed by atoms with van der Waals surface area (Å²) in [7, 11) is 1.65. The predicted molar refractivity (Wildman–Crippen MR) is 192 cm³/mol. The van der Waals surface area contributed by atoms with Gasteiger partial charge in [0.25, 0.3) is 5.88 Å². The van der Waals surface area contributed by atoms with Gasteiger partial charge in [0.2, 0.25) is 5.95 Å². The van der Waals surface area contributed by atoms with E-state index in [1.54, 1.807) is 25.6 Å². The molecule has 1 atom stereocenters. The zero-order chi connectivity index (χ0) is 35.0. The number of halogens is 1. The van der Waals surface area contributed by atoms with Gasteiger partial charge in [0, 0.05) is 57.2 Å². The molecule has 0 amide bonds. The number of aromatic nitrogens is 4. The second-order valence-corrected chi connectivity index (χ2v) is 12.8. The quantitative estimate of drug-likeness (QED) is 0.0777. The molecule has 1 aromatic carbocycles. The molecule has 0 spiro atoms. The van der Waals surface area contributed by atoms with Crippen LogP contribution in [0.2, 0.25) is 5.02 Å². The van der Waals surface area contributed by atoms with Crippen molar-refractivity contribution in [3.05, 3.63) is 41.8 Å². The van der Waals surface area contributed by atoms with E-state index in [4.69, 9.17) is 50.5 Å². The summed E-state index contributed by atoms with van der Waals surface area (Å²) in [6.45, 7) is 9.29. The van der Waals surface area contributed by atoms with Gasteiger partial charge in [0.15, 0.2) is 0 Å². The third-order valence-electron chi connectivity index (χ3n) is 8.77. The van der Waals surface area contributed by atoms with Gasteiger partial charge in [-0.2, -0.15) is 0 Å². The van der Waals surface area contributed by atoms with Crippen LogP contribution in [0.15, 0.2) is 36.8 Å². The molecule has 1 saturated heterocycles. The zero-order valence-corrected chi connectivity index (χ0v) is 29.9. The number of ether oxygens (including phenoxy) is 6. The van der Waals surface area contributed by atoms with Gasteiger partial charge in [0.1, 0.15) is 17.5 Å². The van der Waals surface area contributed by atoms with Gasteiger partial charge in [-0.3, -0.25) is 15.0 Å². The van der Waals surface area contributed by atoms with Gasteiger partial charge in [-0.15, -0.1) is 5.10 Å². The first kappa shape index (κ1) is 37.7. The van der Waals surface area contributed by atoms with Crippen LogP contribution in [0.25, 0.3) is 11.1 Å². The molecule has 50 heavy (non-hydrogen) atoms. The smallest absolute Gasteiger partial charge is 0.256 e. The highest BCUT2D eigenvalue weighted by Gasteiger charge is 2.29. The maximum Gasteiger partial charge on any atom is 0.256 e. The Kier molecular flexibility index (Phi) is 15.4. The van der Waals surface area contributed by atoms with Crippen LogP contribution in [0.4, 0.5) is 11.6 Å². The summed E-state index contributed by atoms with van der Waals surface area (Å²) in [5, 5.41) is 18.7. The fraction of sp³-hybridized carbons (Fsp3) is 0.600. The van der Waals surface area contributed by atoms with Crippen LogP contribution in [0.1, 0.15) is 45.1 Å².